The van der Waals surface area contributed by atoms with Gasteiger partial charge in [-0.05, 0) is 50.1 Å². The molecular formula is C21H20N2O7S. The van der Waals surface area contributed by atoms with Gasteiger partial charge in [0.1, 0.15) is 4.88 Å². The van der Waals surface area contributed by atoms with Crippen molar-refractivity contribution in [2.75, 3.05) is 19.0 Å². The summed E-state index contributed by atoms with van der Waals surface area (Å²) in [6, 6.07) is 4.74. The number of thiophene rings is 1. The molecule has 3 heterocycles. The van der Waals surface area contributed by atoms with Crippen molar-refractivity contribution in [2.24, 2.45) is 0 Å². The van der Waals surface area contributed by atoms with Crippen LogP contribution in [0.4, 0.5) is 5.00 Å². The van der Waals surface area contributed by atoms with Crippen molar-refractivity contribution in [2.45, 2.75) is 20.8 Å². The van der Waals surface area contributed by atoms with E-state index in [-0.39, 0.29) is 21.9 Å². The quantitative estimate of drug-likeness (QED) is 0.420. The Labute approximate surface area is 181 Å². The van der Waals surface area contributed by atoms with Crippen LogP contribution in [0.15, 0.2) is 28.9 Å². The number of hydrogen-bond donors (Lipinski definition) is 2. The number of rotatable bonds is 7. The Hall–Kier alpha value is -3.66. The molecule has 0 saturated carbocycles. The average Bonchev–Trinajstić information content (AvgIpc) is 3.45. The van der Waals surface area contributed by atoms with Crippen LogP contribution in [-0.4, -0.2) is 42.3 Å². The molecule has 10 heteroatoms. The minimum atomic E-state index is -0.691. The lowest BCUT2D eigenvalue weighted by Crippen LogP contribution is -2.15. The number of esters is 2. The largest absolute Gasteiger partial charge is 0.465 e. The van der Waals surface area contributed by atoms with E-state index in [4.69, 9.17) is 13.9 Å². The molecule has 31 heavy (non-hydrogen) atoms. The molecule has 3 aromatic rings. The van der Waals surface area contributed by atoms with E-state index in [1.807, 2.05) is 0 Å². The molecule has 0 atom stereocenters. The standard InChI is InChI=1S/C21H20N2O7S/c1-10-8-15(23-19(25)14-6-5-7-29-14)31-18(10)21(27)30-9-13(24)17-11(2)16(12(3)22-17)20(26)28-4/h5-8,22H,9H2,1-4H3,(H,23,25). The fraction of sp³-hybridized carbons (Fsp3) is 0.238. The van der Waals surface area contributed by atoms with Crippen LogP contribution in [0, 0.1) is 20.8 Å². The van der Waals surface area contributed by atoms with Crippen LogP contribution in [0.2, 0.25) is 0 Å². The molecule has 162 valence electrons. The Morgan fingerprint density at radius 2 is 1.90 bits per heavy atom. The molecule has 0 fully saturated rings. The van der Waals surface area contributed by atoms with Crippen LogP contribution in [0.5, 0.6) is 0 Å². The van der Waals surface area contributed by atoms with Crippen LogP contribution in [0.1, 0.15) is 57.9 Å². The first-order chi connectivity index (χ1) is 14.7. The van der Waals surface area contributed by atoms with Gasteiger partial charge in [-0.2, -0.15) is 0 Å². The third kappa shape index (κ3) is 4.58. The maximum atomic E-state index is 12.5. The molecule has 3 aromatic heterocycles. The van der Waals surface area contributed by atoms with Gasteiger partial charge in [0.15, 0.2) is 12.4 Å². The highest BCUT2D eigenvalue weighted by atomic mass is 32.1. The zero-order chi connectivity index (χ0) is 22.7. The van der Waals surface area contributed by atoms with Crippen molar-refractivity contribution in [3.05, 3.63) is 63.2 Å². The summed E-state index contributed by atoms with van der Waals surface area (Å²) in [7, 11) is 1.26. The zero-order valence-corrected chi connectivity index (χ0v) is 18.1. The summed E-state index contributed by atoms with van der Waals surface area (Å²) in [5.41, 5.74) is 1.98. The number of H-pyrrole nitrogens is 1. The van der Waals surface area contributed by atoms with E-state index >= 15 is 0 Å². The lowest BCUT2D eigenvalue weighted by atomic mass is 10.1. The third-order valence-electron chi connectivity index (χ3n) is 4.53. The lowest BCUT2D eigenvalue weighted by Gasteiger charge is -2.04. The van der Waals surface area contributed by atoms with Gasteiger partial charge in [-0.15, -0.1) is 11.3 Å². The second kappa shape index (κ2) is 9.00. The molecule has 0 saturated heterocycles. The molecule has 2 N–H and O–H groups in total. The Bertz CT molecular complexity index is 1160. The monoisotopic (exact) mass is 444 g/mol. The Morgan fingerprint density at radius 1 is 1.16 bits per heavy atom. The maximum absolute atomic E-state index is 12.5. The predicted molar refractivity (Wildman–Crippen MR) is 112 cm³/mol. The van der Waals surface area contributed by atoms with Gasteiger partial charge in [0.25, 0.3) is 5.91 Å². The Morgan fingerprint density at radius 3 is 2.55 bits per heavy atom. The van der Waals surface area contributed by atoms with Gasteiger partial charge in [0.05, 0.1) is 29.6 Å². The van der Waals surface area contributed by atoms with E-state index in [9.17, 15) is 19.2 Å². The van der Waals surface area contributed by atoms with Crippen molar-refractivity contribution < 1.29 is 33.1 Å². The first-order valence-corrected chi connectivity index (χ1v) is 9.97. The number of nitrogens with one attached hydrogen (secondary N) is 2. The minimum absolute atomic E-state index is 0.142. The molecule has 3 rings (SSSR count). The lowest BCUT2D eigenvalue weighted by molar-refractivity contribution is 0.0477. The first kappa shape index (κ1) is 22.0. The van der Waals surface area contributed by atoms with E-state index in [0.29, 0.717) is 21.8 Å². The van der Waals surface area contributed by atoms with Gasteiger partial charge in [-0.1, -0.05) is 0 Å². The first-order valence-electron chi connectivity index (χ1n) is 9.16. The van der Waals surface area contributed by atoms with E-state index in [1.165, 1.54) is 19.4 Å². The molecule has 0 radical (unpaired) electrons. The topological polar surface area (TPSA) is 128 Å². The molecule has 0 unspecified atom stereocenters. The van der Waals surface area contributed by atoms with Crippen LogP contribution in [-0.2, 0) is 9.47 Å². The molecule has 0 aliphatic heterocycles. The van der Waals surface area contributed by atoms with Crippen molar-refractivity contribution in [3.63, 3.8) is 0 Å². The summed E-state index contributed by atoms with van der Waals surface area (Å²) in [5, 5.41) is 3.09. The highest BCUT2D eigenvalue weighted by Crippen LogP contribution is 2.28. The fourth-order valence-corrected chi connectivity index (χ4v) is 4.00. The van der Waals surface area contributed by atoms with Crippen molar-refractivity contribution in [3.8, 4) is 0 Å². The molecular weight excluding hydrogens is 424 g/mol. The SMILES string of the molecule is COC(=O)c1c(C)[nH]c(C(=O)COC(=O)c2sc(NC(=O)c3ccco3)cc2C)c1C. The Kier molecular flexibility index (Phi) is 6.40. The van der Waals surface area contributed by atoms with E-state index in [0.717, 1.165) is 11.3 Å². The number of aryl methyl sites for hydroxylation is 2. The highest BCUT2D eigenvalue weighted by molar-refractivity contribution is 7.18. The summed E-state index contributed by atoms with van der Waals surface area (Å²) >= 11 is 1.03. The second-order valence-electron chi connectivity index (χ2n) is 6.67. The third-order valence-corrected chi connectivity index (χ3v) is 5.66. The van der Waals surface area contributed by atoms with Crippen LogP contribution in [0.25, 0.3) is 0 Å². The molecule has 0 bridgehead atoms. The van der Waals surface area contributed by atoms with E-state index in [1.54, 1.807) is 32.9 Å². The van der Waals surface area contributed by atoms with Crippen molar-refractivity contribution in [1.29, 1.82) is 0 Å². The molecule has 1 amide bonds. The summed E-state index contributed by atoms with van der Waals surface area (Å²) in [5.74, 6) is -2.03. The molecule has 0 aromatic carbocycles. The van der Waals surface area contributed by atoms with Crippen molar-refractivity contribution in [1.82, 2.24) is 4.98 Å². The van der Waals surface area contributed by atoms with Gasteiger partial charge in [-0.3, -0.25) is 9.59 Å². The van der Waals surface area contributed by atoms with Gasteiger partial charge in [0, 0.05) is 5.69 Å². The number of anilines is 1. The summed E-state index contributed by atoms with van der Waals surface area (Å²) in [6.07, 6.45) is 1.38. The summed E-state index contributed by atoms with van der Waals surface area (Å²) in [6.45, 7) is 4.45. The normalized spacial score (nSPS) is 10.6. The molecule has 9 nitrogen and oxygen atoms in total. The number of furan rings is 1. The number of Topliss-reactive ketones (excluding diaryl/α,β-unsaturated/α-hetero) is 1. The molecule has 0 spiro atoms. The molecule has 0 aliphatic rings. The van der Waals surface area contributed by atoms with Crippen LogP contribution >= 0.6 is 11.3 Å². The number of hydrogen-bond acceptors (Lipinski definition) is 8. The Balaban J connectivity index is 1.66. The highest BCUT2D eigenvalue weighted by Gasteiger charge is 2.24. The van der Waals surface area contributed by atoms with Crippen molar-refractivity contribution >= 4 is 40.0 Å². The zero-order valence-electron chi connectivity index (χ0n) is 17.3. The number of carbonyl (C=O) groups is 4. The number of aromatic amines is 1. The summed E-state index contributed by atoms with van der Waals surface area (Å²) in [4.78, 5) is 52.0. The summed E-state index contributed by atoms with van der Waals surface area (Å²) < 4.78 is 14.9. The number of methoxy groups -OCH3 is 1. The average molecular weight is 444 g/mol. The molecule has 0 aliphatic carbocycles. The van der Waals surface area contributed by atoms with E-state index in [2.05, 4.69) is 10.3 Å². The predicted octanol–water partition coefficient (Wildman–Crippen LogP) is 3.67. The fourth-order valence-electron chi connectivity index (χ4n) is 3.03. The number of ether oxygens (including phenoxy) is 2. The van der Waals surface area contributed by atoms with Gasteiger partial charge in [0.2, 0.25) is 5.78 Å². The number of ketones is 1. The van der Waals surface area contributed by atoms with Crippen LogP contribution in [0.3, 0.4) is 0 Å². The second-order valence-corrected chi connectivity index (χ2v) is 7.72. The number of amides is 1. The smallest absolute Gasteiger partial charge is 0.349 e. The maximum Gasteiger partial charge on any atom is 0.349 e. The number of carbonyl (C=O) groups excluding carboxylic acids is 4. The number of aromatic nitrogens is 1. The van der Waals surface area contributed by atoms with Gasteiger partial charge < -0.3 is 24.2 Å². The van der Waals surface area contributed by atoms with E-state index < -0.39 is 30.2 Å². The van der Waals surface area contributed by atoms with Gasteiger partial charge >= 0.3 is 11.9 Å². The van der Waals surface area contributed by atoms with Crippen LogP contribution < -0.4 is 5.32 Å². The van der Waals surface area contributed by atoms with Gasteiger partial charge in [-0.25, -0.2) is 9.59 Å². The minimum Gasteiger partial charge on any atom is -0.465 e.